The monoisotopic (exact) mass is 420 g/mol. The highest BCUT2D eigenvalue weighted by atomic mass is 16.5. The minimum absolute atomic E-state index is 0.0309. The second kappa shape index (κ2) is 8.33. The second-order valence-electron chi connectivity index (χ2n) is 8.05. The summed E-state index contributed by atoms with van der Waals surface area (Å²) >= 11 is 0. The molecule has 31 heavy (non-hydrogen) atoms. The van der Waals surface area contributed by atoms with Gasteiger partial charge in [-0.1, -0.05) is 19.1 Å². The van der Waals surface area contributed by atoms with Crippen molar-refractivity contribution in [3.63, 3.8) is 0 Å². The zero-order valence-electron chi connectivity index (χ0n) is 17.1. The number of hydroxylamine groups is 1. The van der Waals surface area contributed by atoms with Crippen LogP contribution in [0.3, 0.4) is 0 Å². The van der Waals surface area contributed by atoms with Crippen LogP contribution in [-0.2, 0) is 4.79 Å². The number of nitrogens with zero attached hydrogens (tertiary/aromatic N) is 1. The average molecular weight is 420 g/mol. The number of aromatic nitrogens is 1. The first-order chi connectivity index (χ1) is 14.9. The largest absolute Gasteiger partial charge is 0.326 e. The van der Waals surface area contributed by atoms with Crippen molar-refractivity contribution in [2.75, 3.05) is 18.4 Å². The van der Waals surface area contributed by atoms with Gasteiger partial charge >= 0.3 is 0 Å². The van der Waals surface area contributed by atoms with Gasteiger partial charge in [-0.15, -0.1) is 0 Å². The van der Waals surface area contributed by atoms with E-state index >= 15 is 0 Å². The zero-order chi connectivity index (χ0) is 22.0. The number of pyridine rings is 1. The highest BCUT2D eigenvalue weighted by molar-refractivity contribution is 5.98. The molecule has 0 spiro atoms. The van der Waals surface area contributed by atoms with Crippen molar-refractivity contribution in [3.8, 4) is 5.69 Å². The molecule has 2 amide bonds. The number of nitrogens with one attached hydrogen (secondary N) is 3. The average Bonchev–Trinajstić information content (AvgIpc) is 2.79. The molecule has 4 rings (SSSR count). The standard InChI is InChI=1S/C23H24N4O4/c1-23(8-10-24-11-9-23)22(30)25-17-3-2-4-18(14-17)27-12-7-15-5-6-16(20(28)26-31)13-19(15)21(27)29/h2-7,12-14,24,31H,8-11H2,1H3,(H,25,30)(H,26,28). The number of hydrogen-bond acceptors (Lipinski definition) is 5. The van der Waals surface area contributed by atoms with E-state index in [9.17, 15) is 14.4 Å². The zero-order valence-corrected chi connectivity index (χ0v) is 17.1. The number of rotatable bonds is 4. The maximum atomic E-state index is 13.1. The number of amides is 2. The highest BCUT2D eigenvalue weighted by Crippen LogP contribution is 2.30. The van der Waals surface area contributed by atoms with Gasteiger partial charge in [0.1, 0.15) is 0 Å². The maximum Gasteiger partial charge on any atom is 0.274 e. The lowest BCUT2D eigenvalue weighted by Crippen LogP contribution is -2.42. The van der Waals surface area contributed by atoms with E-state index in [1.165, 1.54) is 16.7 Å². The lowest BCUT2D eigenvalue weighted by atomic mass is 9.80. The molecule has 2 heterocycles. The van der Waals surface area contributed by atoms with Crippen molar-refractivity contribution >= 4 is 28.3 Å². The molecule has 0 unspecified atom stereocenters. The second-order valence-corrected chi connectivity index (χ2v) is 8.05. The summed E-state index contributed by atoms with van der Waals surface area (Å²) in [6.07, 6.45) is 3.20. The van der Waals surface area contributed by atoms with Crippen LogP contribution < -0.4 is 21.7 Å². The molecule has 8 heteroatoms. The minimum atomic E-state index is -0.687. The van der Waals surface area contributed by atoms with Crippen LogP contribution in [0.25, 0.3) is 16.5 Å². The fourth-order valence-corrected chi connectivity index (χ4v) is 3.87. The van der Waals surface area contributed by atoms with E-state index in [1.807, 2.05) is 6.92 Å². The van der Waals surface area contributed by atoms with E-state index in [1.54, 1.807) is 48.1 Å². The van der Waals surface area contributed by atoms with Crippen molar-refractivity contribution in [3.05, 3.63) is 70.6 Å². The third kappa shape index (κ3) is 4.08. The Hall–Kier alpha value is -3.49. The molecule has 1 saturated heterocycles. The molecule has 1 aliphatic heterocycles. The Kier molecular flexibility index (Phi) is 5.58. The van der Waals surface area contributed by atoms with Gasteiger partial charge in [-0.25, -0.2) is 5.48 Å². The van der Waals surface area contributed by atoms with Gasteiger partial charge in [-0.2, -0.15) is 0 Å². The Bertz CT molecular complexity index is 1210. The number of fused-ring (bicyclic) bond motifs is 1. The lowest BCUT2D eigenvalue weighted by molar-refractivity contribution is -0.126. The van der Waals surface area contributed by atoms with Gasteiger partial charge in [0, 0.05) is 28.2 Å². The van der Waals surface area contributed by atoms with Crippen molar-refractivity contribution in [2.24, 2.45) is 5.41 Å². The molecule has 160 valence electrons. The molecule has 0 saturated carbocycles. The van der Waals surface area contributed by atoms with Crippen LogP contribution in [0, 0.1) is 5.41 Å². The molecule has 0 atom stereocenters. The smallest absolute Gasteiger partial charge is 0.274 e. The molecule has 3 aromatic rings. The van der Waals surface area contributed by atoms with E-state index in [2.05, 4.69) is 10.6 Å². The van der Waals surface area contributed by atoms with Crippen LogP contribution in [0.4, 0.5) is 5.69 Å². The predicted molar refractivity (Wildman–Crippen MR) is 118 cm³/mol. The highest BCUT2D eigenvalue weighted by Gasteiger charge is 2.34. The third-order valence-corrected chi connectivity index (χ3v) is 5.91. The number of benzene rings is 2. The number of anilines is 1. The minimum Gasteiger partial charge on any atom is -0.326 e. The Balaban J connectivity index is 1.67. The number of hydrogen-bond donors (Lipinski definition) is 4. The molecule has 1 aromatic heterocycles. The Labute approximate surface area is 178 Å². The van der Waals surface area contributed by atoms with Gasteiger partial charge in [-0.05, 0) is 67.7 Å². The summed E-state index contributed by atoms with van der Waals surface area (Å²) in [6.45, 7) is 3.60. The molecule has 8 nitrogen and oxygen atoms in total. The summed E-state index contributed by atoms with van der Waals surface area (Å²) in [6, 6.07) is 13.5. The molecule has 2 aromatic carbocycles. The van der Waals surface area contributed by atoms with Gasteiger partial charge < -0.3 is 10.6 Å². The van der Waals surface area contributed by atoms with Crippen LogP contribution in [-0.4, -0.2) is 34.7 Å². The summed E-state index contributed by atoms with van der Waals surface area (Å²) in [4.78, 5) is 37.7. The summed E-state index contributed by atoms with van der Waals surface area (Å²) in [5.74, 6) is -0.718. The van der Waals surface area contributed by atoms with Crippen LogP contribution in [0.1, 0.15) is 30.1 Å². The third-order valence-electron chi connectivity index (χ3n) is 5.91. The van der Waals surface area contributed by atoms with Gasteiger partial charge in [0.05, 0.1) is 5.69 Å². The van der Waals surface area contributed by atoms with E-state index in [-0.39, 0.29) is 17.0 Å². The summed E-state index contributed by atoms with van der Waals surface area (Å²) in [5, 5.41) is 16.1. The Morgan fingerprint density at radius 2 is 1.87 bits per heavy atom. The summed E-state index contributed by atoms with van der Waals surface area (Å²) in [7, 11) is 0. The van der Waals surface area contributed by atoms with Crippen molar-refractivity contribution < 1.29 is 14.8 Å². The maximum absolute atomic E-state index is 13.1. The van der Waals surface area contributed by atoms with Gasteiger partial charge in [0.15, 0.2) is 0 Å². The molecule has 1 fully saturated rings. The molecular formula is C23H24N4O4. The van der Waals surface area contributed by atoms with E-state index in [0.29, 0.717) is 22.1 Å². The van der Waals surface area contributed by atoms with Crippen molar-refractivity contribution in [1.82, 2.24) is 15.4 Å². The molecular weight excluding hydrogens is 396 g/mol. The normalized spacial score (nSPS) is 15.4. The van der Waals surface area contributed by atoms with Crippen LogP contribution in [0.2, 0.25) is 0 Å². The molecule has 0 bridgehead atoms. The predicted octanol–water partition coefficient (Wildman–Crippen LogP) is 2.44. The number of carbonyl (C=O) groups is 2. The van der Waals surface area contributed by atoms with Gasteiger partial charge in [0.25, 0.3) is 11.5 Å². The van der Waals surface area contributed by atoms with Crippen LogP contribution in [0.5, 0.6) is 0 Å². The van der Waals surface area contributed by atoms with Crippen LogP contribution >= 0.6 is 0 Å². The van der Waals surface area contributed by atoms with E-state index < -0.39 is 11.3 Å². The van der Waals surface area contributed by atoms with Crippen LogP contribution in [0.15, 0.2) is 59.5 Å². The first-order valence-electron chi connectivity index (χ1n) is 10.1. The summed E-state index contributed by atoms with van der Waals surface area (Å²) in [5.41, 5.74) is 2.23. The number of carbonyl (C=O) groups excluding carboxylic acids is 2. The quantitative estimate of drug-likeness (QED) is 0.383. The molecule has 0 aliphatic carbocycles. The topological polar surface area (TPSA) is 112 Å². The Morgan fingerprint density at radius 3 is 2.61 bits per heavy atom. The first-order valence-corrected chi connectivity index (χ1v) is 10.1. The van der Waals surface area contributed by atoms with E-state index in [4.69, 9.17) is 5.21 Å². The lowest BCUT2D eigenvalue weighted by Gasteiger charge is -2.32. The van der Waals surface area contributed by atoms with Crippen molar-refractivity contribution in [1.29, 1.82) is 0 Å². The number of piperidine rings is 1. The SMILES string of the molecule is CC1(C(=O)Nc2cccc(-n3ccc4ccc(C(=O)NO)cc4c3=O)c2)CCNCC1. The van der Waals surface area contributed by atoms with Gasteiger partial charge in [0.2, 0.25) is 5.91 Å². The Morgan fingerprint density at radius 1 is 1.10 bits per heavy atom. The summed E-state index contributed by atoms with van der Waals surface area (Å²) < 4.78 is 1.46. The first kappa shape index (κ1) is 20.8. The fraction of sp³-hybridized carbons (Fsp3) is 0.261. The fourth-order valence-electron chi connectivity index (χ4n) is 3.87. The molecule has 1 aliphatic rings. The van der Waals surface area contributed by atoms with Crippen molar-refractivity contribution in [2.45, 2.75) is 19.8 Å². The molecule has 0 radical (unpaired) electrons. The van der Waals surface area contributed by atoms with E-state index in [0.717, 1.165) is 25.9 Å². The molecule has 4 N–H and O–H groups in total. The van der Waals surface area contributed by atoms with Gasteiger partial charge in [-0.3, -0.25) is 24.2 Å².